The number of hydrogen-bond donors (Lipinski definition) is 1. The molecule has 18 nitrogen and oxygen atoms in total. The van der Waals surface area contributed by atoms with Gasteiger partial charge in [0.2, 0.25) is 0 Å². The summed E-state index contributed by atoms with van der Waals surface area (Å²) in [4.78, 5) is 31.7. The van der Waals surface area contributed by atoms with E-state index in [1.165, 1.54) is 28.3 Å². The normalized spacial score (nSPS) is 11.2. The maximum absolute atomic E-state index is 12.6. The van der Waals surface area contributed by atoms with Crippen molar-refractivity contribution < 1.29 is 172 Å². The first kappa shape index (κ1) is 79.3. The first-order chi connectivity index (χ1) is 40.7. The molecule has 0 radical (unpaired) electrons. The summed E-state index contributed by atoms with van der Waals surface area (Å²) >= 11 is 0.0861. The molecule has 6 aromatic rings. The van der Waals surface area contributed by atoms with Crippen LogP contribution in [0.4, 0.5) is 26.3 Å². The summed E-state index contributed by atoms with van der Waals surface area (Å²) in [6.07, 6.45) is 0. The van der Waals surface area contributed by atoms with Crippen LogP contribution in [-0.2, 0) is 68.4 Å². The van der Waals surface area contributed by atoms with Crippen LogP contribution in [0.2, 0.25) is 0 Å². The number of carbonyl (C=O) groups is 3. The summed E-state index contributed by atoms with van der Waals surface area (Å²) in [5.41, 5.74) is -1.07. The molecule has 6 aromatic carbocycles. The van der Waals surface area contributed by atoms with Crippen LogP contribution in [0.1, 0.15) is 6.92 Å². The predicted molar refractivity (Wildman–Crippen MR) is 291 cm³/mol. The van der Waals surface area contributed by atoms with Crippen molar-refractivity contribution in [3.8, 4) is 0 Å². The summed E-state index contributed by atoms with van der Waals surface area (Å²) < 4.78 is 195. The monoisotopic (exact) mass is 1620 g/mol. The molecule has 474 valence electrons. The molecule has 0 unspecified atom stereocenters. The van der Waals surface area contributed by atoms with Crippen molar-refractivity contribution in [2.24, 2.45) is 0 Å². The number of alkyl halides is 6. The maximum Gasteiger partial charge on any atom is 0.357 e. The van der Waals surface area contributed by atoms with Crippen molar-refractivity contribution in [1.29, 1.82) is 0 Å². The number of aliphatic carboxylic acids is 1. The van der Waals surface area contributed by atoms with Gasteiger partial charge >= 0.3 is 97.3 Å². The SMILES string of the molecule is C=C(COCC(F)(F)S(=O)(=O)[O-])C(=O)O.C=C(COCC(F)(F)S(=O)(=O)[O-])C(=O)OC.C=C(COCC(F)(F)S(=O)(=O)[O-])C(=O)OCC.c1ccc([I+]c2ccccc2)cc1.c1ccc([I+]c2ccccc2)cc1.c1ccc([I+]c2ccccc2)cc1. The third-order valence-electron chi connectivity index (χ3n) is 9.13. The van der Waals surface area contributed by atoms with E-state index in [1.807, 2.05) is 0 Å². The molecule has 0 spiro atoms. The second-order valence-corrected chi connectivity index (χ2v) is 29.7. The summed E-state index contributed by atoms with van der Waals surface area (Å²) in [5, 5.41) is -5.43. The predicted octanol–water partition coefficient (Wildman–Crippen LogP) is -0.643. The van der Waals surface area contributed by atoms with Crippen LogP contribution in [0, 0.1) is 21.4 Å². The van der Waals surface area contributed by atoms with Crippen LogP contribution in [-0.4, -0.2) is 131 Å². The molecular formula is C57H57F6I3O18S3. The molecule has 0 saturated carbocycles. The number of rotatable bonds is 25. The average molecular weight is 1620 g/mol. The van der Waals surface area contributed by atoms with E-state index in [1.54, 1.807) is 0 Å². The van der Waals surface area contributed by atoms with Gasteiger partial charge in [0.25, 0.3) is 0 Å². The van der Waals surface area contributed by atoms with Gasteiger partial charge in [-0.1, -0.05) is 129 Å². The minimum absolute atomic E-state index is 0.0287. The molecule has 0 aliphatic rings. The van der Waals surface area contributed by atoms with Gasteiger partial charge in [0.1, 0.15) is 19.8 Å². The fourth-order valence-electron chi connectivity index (χ4n) is 4.90. The van der Waals surface area contributed by atoms with Gasteiger partial charge in [0, 0.05) is 0 Å². The molecule has 1 N–H and O–H groups in total. The number of ether oxygens (including phenoxy) is 5. The Kier molecular flexibility index (Phi) is 37.2. The lowest BCUT2D eigenvalue weighted by Crippen LogP contribution is -3.61. The van der Waals surface area contributed by atoms with E-state index in [0.717, 1.165) is 7.11 Å². The van der Waals surface area contributed by atoms with Gasteiger partial charge in [-0.3, -0.25) is 0 Å². The van der Waals surface area contributed by atoms with Crippen LogP contribution >= 0.6 is 0 Å². The van der Waals surface area contributed by atoms with Crippen LogP contribution < -0.4 is 63.6 Å². The fourth-order valence-corrected chi connectivity index (χ4v) is 12.4. The molecule has 0 heterocycles. The summed E-state index contributed by atoms with van der Waals surface area (Å²) in [6, 6.07) is 64.2. The zero-order chi connectivity index (χ0) is 65.7. The Bertz CT molecular complexity index is 3090. The third-order valence-corrected chi connectivity index (χ3v) is 19.7. The molecule has 0 bridgehead atoms. The lowest BCUT2D eigenvalue weighted by molar-refractivity contribution is -0.597. The summed E-state index contributed by atoms with van der Waals surface area (Å²) in [5.74, 6) is -3.20. The summed E-state index contributed by atoms with van der Waals surface area (Å²) in [6.45, 7) is 3.78. The average Bonchev–Trinajstić information content (AvgIpc) is 2.48. The van der Waals surface area contributed by atoms with Crippen molar-refractivity contribution >= 4 is 48.3 Å². The van der Waals surface area contributed by atoms with E-state index in [4.69, 9.17) is 5.11 Å². The highest BCUT2D eigenvalue weighted by molar-refractivity contribution is 7.87. The van der Waals surface area contributed by atoms with Gasteiger partial charge in [-0.25, -0.2) is 39.6 Å². The van der Waals surface area contributed by atoms with Crippen molar-refractivity contribution in [2.45, 2.75) is 22.7 Å². The standard InChI is InChI=1S/3C12H10I.C8H12F2O6S.C7H10F2O6S.C6H8F2O6S/c3*1-3-7-11(8-4-1)13-12-9-5-2-6-10-12;1-3-16-7(11)6(2)4-15-5-8(9,10)17(12,13)14;1-5(6(10)14-2)3-15-4-7(8,9)16(11,12)13;1-4(5(9)10)2-14-3-6(7,8)15(11,12)13/h3*1-10H;2-5H2,1H3,(H,12,13,14);1,3-4H2,2H3,(H,11,12,13);1-3H2,(H,9,10)(H,11,12,13)/q3*+1;;;/p-3. The molecule has 87 heavy (non-hydrogen) atoms. The molecule has 0 fully saturated rings. The van der Waals surface area contributed by atoms with E-state index < -0.39 is 109 Å². The van der Waals surface area contributed by atoms with Crippen LogP contribution in [0.15, 0.2) is 218 Å². The molecule has 30 heteroatoms. The number of benzene rings is 6. The van der Waals surface area contributed by atoms with E-state index in [-0.39, 0.29) is 81.4 Å². The molecule has 0 atom stereocenters. The minimum Gasteiger partial charge on any atom is -0.743 e. The lowest BCUT2D eigenvalue weighted by atomic mass is 10.3. The molecule has 0 aliphatic carbocycles. The van der Waals surface area contributed by atoms with Gasteiger partial charge in [-0.2, -0.15) is 26.3 Å². The van der Waals surface area contributed by atoms with E-state index in [0.29, 0.717) is 0 Å². The third kappa shape index (κ3) is 34.6. The van der Waals surface area contributed by atoms with Crippen molar-refractivity contribution in [3.05, 3.63) is 240 Å². The Morgan fingerprint density at radius 1 is 0.425 bits per heavy atom. The van der Waals surface area contributed by atoms with Crippen LogP contribution in [0.3, 0.4) is 0 Å². The summed E-state index contributed by atoms with van der Waals surface area (Å²) in [7, 11) is -16.3. The number of hydrogen-bond acceptors (Lipinski definition) is 17. The number of halogens is 9. The van der Waals surface area contributed by atoms with E-state index in [2.05, 4.69) is 225 Å². The zero-order valence-corrected chi connectivity index (χ0v) is 54.8. The Morgan fingerprint density at radius 3 is 0.816 bits per heavy atom. The van der Waals surface area contributed by atoms with Gasteiger partial charge in [0.15, 0.2) is 51.8 Å². The first-order valence-corrected chi connectivity index (χ1v) is 34.9. The lowest BCUT2D eigenvalue weighted by Gasteiger charge is -2.19. The quantitative estimate of drug-likeness (QED) is 0.0245. The molecule has 6 rings (SSSR count). The van der Waals surface area contributed by atoms with Gasteiger partial charge < -0.3 is 42.4 Å². The highest BCUT2D eigenvalue weighted by Crippen LogP contribution is 2.22. The number of esters is 2. The second-order valence-electron chi connectivity index (χ2n) is 16.1. The van der Waals surface area contributed by atoms with Crippen molar-refractivity contribution in [1.82, 2.24) is 0 Å². The number of carbonyl (C=O) groups excluding carboxylic acids is 2. The van der Waals surface area contributed by atoms with Crippen LogP contribution in [0.25, 0.3) is 0 Å². The Balaban J connectivity index is 0.000000523. The number of methoxy groups -OCH3 is 1. The van der Waals surface area contributed by atoms with Crippen LogP contribution in [0.5, 0.6) is 0 Å². The molecule has 0 saturated heterocycles. The smallest absolute Gasteiger partial charge is 0.357 e. The highest BCUT2D eigenvalue weighted by Gasteiger charge is 2.40. The molecular weight excluding hydrogens is 1560 g/mol. The van der Waals surface area contributed by atoms with Gasteiger partial charge in [0.05, 0.1) is 50.3 Å². The first-order valence-electron chi connectivity index (χ1n) is 24.2. The van der Waals surface area contributed by atoms with E-state index in [9.17, 15) is 79.6 Å². The Morgan fingerprint density at radius 2 is 0.632 bits per heavy atom. The molecule has 0 aromatic heterocycles. The molecule has 0 amide bonds. The number of carboxylic acid groups (broad SMARTS) is 1. The van der Waals surface area contributed by atoms with Gasteiger partial charge in [-0.15, -0.1) is 0 Å². The second kappa shape index (κ2) is 40.8. The molecule has 0 aliphatic heterocycles. The minimum atomic E-state index is -5.81. The Hall–Kier alpha value is -5.67. The number of carboxylic acids is 1. The zero-order valence-electron chi connectivity index (χ0n) is 45.9. The largest absolute Gasteiger partial charge is 0.743 e. The maximum atomic E-state index is 12.6. The topological polar surface area (TPSA) is 289 Å². The van der Waals surface area contributed by atoms with E-state index >= 15 is 0 Å². The van der Waals surface area contributed by atoms with Crippen molar-refractivity contribution in [3.63, 3.8) is 0 Å². The van der Waals surface area contributed by atoms with Gasteiger partial charge in [-0.05, 0) is 79.7 Å². The fraction of sp³-hybridized carbons (Fsp3) is 0.211. The Labute approximate surface area is 531 Å². The van der Waals surface area contributed by atoms with Crippen molar-refractivity contribution in [2.75, 3.05) is 53.4 Å². The highest BCUT2D eigenvalue weighted by atomic mass is 127.